The summed E-state index contributed by atoms with van der Waals surface area (Å²) >= 11 is 7.40. The van der Waals surface area contributed by atoms with E-state index in [1.54, 1.807) is 0 Å². The third kappa shape index (κ3) is 4.76. The lowest BCUT2D eigenvalue weighted by Gasteiger charge is -2.29. The number of amidine groups is 1. The van der Waals surface area contributed by atoms with Crippen molar-refractivity contribution in [1.29, 1.82) is 0 Å². The van der Waals surface area contributed by atoms with Crippen LogP contribution in [0.4, 0.5) is 5.69 Å². The molecular formula is C17H19ClN4O3S. The number of benzene rings is 1. The van der Waals surface area contributed by atoms with Gasteiger partial charge in [-0.05, 0) is 37.5 Å². The minimum Gasteiger partial charge on any atom is -0.481 e. The molecule has 1 aromatic carbocycles. The van der Waals surface area contributed by atoms with E-state index < -0.39 is 11.2 Å². The number of thioether (sulfide) groups is 1. The summed E-state index contributed by atoms with van der Waals surface area (Å²) < 4.78 is 0. The summed E-state index contributed by atoms with van der Waals surface area (Å²) in [7, 11) is 0. The maximum Gasteiger partial charge on any atom is 0.305 e. The first kappa shape index (κ1) is 18.7. The molecule has 0 aliphatic carbocycles. The second-order valence-electron chi connectivity index (χ2n) is 6.10. The van der Waals surface area contributed by atoms with Crippen molar-refractivity contribution in [2.75, 3.05) is 18.0 Å². The number of amides is 1. The first-order valence-corrected chi connectivity index (χ1v) is 9.63. The number of carbonyl (C=O) groups excluding carboxylic acids is 1. The zero-order valence-electron chi connectivity index (χ0n) is 14.0. The minimum atomic E-state index is -1.03. The lowest BCUT2D eigenvalue weighted by atomic mass is 10.1. The number of anilines is 1. The van der Waals surface area contributed by atoms with Crippen molar-refractivity contribution in [3.05, 3.63) is 28.8 Å². The van der Waals surface area contributed by atoms with Gasteiger partial charge in [0.15, 0.2) is 5.17 Å². The summed E-state index contributed by atoms with van der Waals surface area (Å²) in [5.41, 5.74) is 1.83. The van der Waals surface area contributed by atoms with E-state index in [-0.39, 0.29) is 12.3 Å². The molecule has 0 spiro atoms. The van der Waals surface area contributed by atoms with Crippen molar-refractivity contribution in [3.63, 3.8) is 0 Å². The summed E-state index contributed by atoms with van der Waals surface area (Å²) in [5.74, 6) is -1.39. The van der Waals surface area contributed by atoms with Gasteiger partial charge in [-0.3, -0.25) is 9.59 Å². The molecule has 1 atom stereocenters. The molecule has 3 rings (SSSR count). The molecule has 26 heavy (non-hydrogen) atoms. The quantitative estimate of drug-likeness (QED) is 0.591. The van der Waals surface area contributed by atoms with E-state index >= 15 is 0 Å². The van der Waals surface area contributed by atoms with E-state index in [4.69, 9.17) is 16.7 Å². The number of nitrogens with zero attached hydrogens (tertiary/aromatic N) is 3. The van der Waals surface area contributed by atoms with E-state index in [1.807, 2.05) is 18.2 Å². The lowest BCUT2D eigenvalue weighted by molar-refractivity contribution is -0.138. The number of aliphatic carboxylic acids is 1. The Morgan fingerprint density at radius 1 is 1.38 bits per heavy atom. The fourth-order valence-corrected chi connectivity index (χ4v) is 4.00. The Morgan fingerprint density at radius 2 is 2.15 bits per heavy atom. The van der Waals surface area contributed by atoms with Crippen LogP contribution < -0.4 is 10.2 Å². The molecule has 9 heteroatoms. The van der Waals surface area contributed by atoms with Gasteiger partial charge in [0.1, 0.15) is 5.25 Å². The van der Waals surface area contributed by atoms with Crippen LogP contribution in [-0.2, 0) is 9.59 Å². The molecule has 1 aromatic rings. The largest absolute Gasteiger partial charge is 0.481 e. The Bertz CT molecular complexity index is 762. The molecule has 0 radical (unpaired) electrons. The van der Waals surface area contributed by atoms with Crippen LogP contribution in [-0.4, -0.2) is 46.7 Å². The van der Waals surface area contributed by atoms with Crippen molar-refractivity contribution < 1.29 is 14.7 Å². The molecule has 2 fully saturated rings. The molecule has 138 valence electrons. The Hall–Kier alpha value is -2.06. The number of piperidine rings is 1. The van der Waals surface area contributed by atoms with Crippen molar-refractivity contribution in [1.82, 2.24) is 5.32 Å². The Kier molecular flexibility index (Phi) is 6.16. The van der Waals surface area contributed by atoms with Gasteiger partial charge in [0.2, 0.25) is 5.91 Å². The van der Waals surface area contributed by atoms with Crippen molar-refractivity contribution in [2.45, 2.75) is 30.9 Å². The van der Waals surface area contributed by atoms with Gasteiger partial charge in [0.25, 0.3) is 0 Å². The number of carbonyl (C=O) groups is 2. The second kappa shape index (κ2) is 8.55. The molecule has 2 aliphatic rings. The lowest BCUT2D eigenvalue weighted by Crippen LogP contribution is -2.29. The fraction of sp³-hybridized carbons (Fsp3) is 0.412. The van der Waals surface area contributed by atoms with Gasteiger partial charge in [-0.1, -0.05) is 23.4 Å². The maximum absolute atomic E-state index is 11.6. The zero-order chi connectivity index (χ0) is 18.5. The summed E-state index contributed by atoms with van der Waals surface area (Å²) in [5, 5.41) is 19.4. The molecule has 2 N–H and O–H groups in total. The van der Waals surface area contributed by atoms with E-state index in [0.29, 0.717) is 10.2 Å². The number of carboxylic acids is 1. The Balaban J connectivity index is 1.63. The van der Waals surface area contributed by atoms with Gasteiger partial charge >= 0.3 is 5.97 Å². The van der Waals surface area contributed by atoms with Crippen LogP contribution in [0.5, 0.6) is 0 Å². The van der Waals surface area contributed by atoms with Crippen molar-refractivity contribution in [2.24, 2.45) is 10.2 Å². The van der Waals surface area contributed by atoms with Gasteiger partial charge in [-0.2, -0.15) is 5.10 Å². The van der Waals surface area contributed by atoms with Gasteiger partial charge in [0.05, 0.1) is 17.7 Å². The van der Waals surface area contributed by atoms with Crippen LogP contribution in [0.3, 0.4) is 0 Å². The Morgan fingerprint density at radius 3 is 2.85 bits per heavy atom. The van der Waals surface area contributed by atoms with E-state index in [0.717, 1.165) is 36.1 Å². The molecule has 7 nitrogen and oxygen atoms in total. The molecule has 1 unspecified atom stereocenters. The summed E-state index contributed by atoms with van der Waals surface area (Å²) in [6.07, 6.45) is 4.95. The van der Waals surface area contributed by atoms with E-state index in [2.05, 4.69) is 20.4 Å². The van der Waals surface area contributed by atoms with Gasteiger partial charge in [-0.25, -0.2) is 0 Å². The normalized spacial score (nSPS) is 22.2. The number of carboxylic acid groups (broad SMARTS) is 1. The fourth-order valence-electron chi connectivity index (χ4n) is 2.86. The molecular weight excluding hydrogens is 376 g/mol. The van der Waals surface area contributed by atoms with Gasteiger partial charge in [0, 0.05) is 24.3 Å². The summed E-state index contributed by atoms with van der Waals surface area (Å²) in [4.78, 5) is 24.7. The van der Waals surface area contributed by atoms with Crippen LogP contribution in [0.15, 0.2) is 28.4 Å². The molecule has 2 aliphatic heterocycles. The number of halogens is 1. The maximum atomic E-state index is 11.6. The first-order chi connectivity index (χ1) is 12.5. The van der Waals surface area contributed by atoms with Crippen LogP contribution in [0, 0.1) is 0 Å². The molecule has 0 aromatic heterocycles. The van der Waals surface area contributed by atoms with Crippen LogP contribution in [0.2, 0.25) is 5.02 Å². The number of nitrogens with one attached hydrogen (secondary N) is 1. The molecule has 2 saturated heterocycles. The predicted molar refractivity (Wildman–Crippen MR) is 104 cm³/mol. The van der Waals surface area contributed by atoms with Gasteiger partial charge in [-0.15, -0.1) is 5.10 Å². The van der Waals surface area contributed by atoms with Gasteiger partial charge < -0.3 is 15.3 Å². The average Bonchev–Trinajstić information content (AvgIpc) is 2.96. The summed E-state index contributed by atoms with van der Waals surface area (Å²) in [6, 6.07) is 5.83. The highest BCUT2D eigenvalue weighted by Crippen LogP contribution is 2.26. The van der Waals surface area contributed by atoms with Crippen LogP contribution >= 0.6 is 23.4 Å². The SMILES string of the molecule is O=C(O)CC1SC(=NN=Cc2ccc(N3CCCCC3)cc2Cl)NC1=O. The average molecular weight is 395 g/mol. The second-order valence-corrected chi connectivity index (χ2v) is 7.70. The monoisotopic (exact) mass is 394 g/mol. The van der Waals surface area contributed by atoms with E-state index in [1.165, 1.54) is 25.5 Å². The topological polar surface area (TPSA) is 94.4 Å². The molecule has 0 saturated carbocycles. The van der Waals surface area contributed by atoms with E-state index in [9.17, 15) is 9.59 Å². The first-order valence-electron chi connectivity index (χ1n) is 8.38. The van der Waals surface area contributed by atoms with Crippen molar-refractivity contribution >= 4 is 52.3 Å². The number of hydrogen-bond acceptors (Lipinski definition) is 6. The Labute approximate surface area is 160 Å². The van der Waals surface area contributed by atoms with Crippen LogP contribution in [0.25, 0.3) is 0 Å². The van der Waals surface area contributed by atoms with Crippen molar-refractivity contribution in [3.8, 4) is 0 Å². The molecule has 0 bridgehead atoms. The molecule has 1 amide bonds. The minimum absolute atomic E-state index is 0.247. The standard InChI is InChI=1S/C17H19ClN4O3S/c18-13-8-12(22-6-2-1-3-7-22)5-4-11(13)10-19-21-17-20-16(25)14(26-17)9-15(23)24/h4-5,8,10,14H,1-3,6-7,9H2,(H,23,24)(H,20,21,25). The smallest absolute Gasteiger partial charge is 0.305 e. The zero-order valence-corrected chi connectivity index (χ0v) is 15.6. The number of rotatable bonds is 5. The van der Waals surface area contributed by atoms with Crippen LogP contribution in [0.1, 0.15) is 31.2 Å². The highest BCUT2D eigenvalue weighted by molar-refractivity contribution is 8.15. The third-order valence-electron chi connectivity index (χ3n) is 4.19. The number of hydrogen-bond donors (Lipinski definition) is 2. The highest BCUT2D eigenvalue weighted by Gasteiger charge is 2.32. The predicted octanol–water partition coefficient (Wildman–Crippen LogP) is 2.73. The highest BCUT2D eigenvalue weighted by atomic mass is 35.5. The third-order valence-corrected chi connectivity index (χ3v) is 5.59. The molecule has 2 heterocycles. The summed E-state index contributed by atoms with van der Waals surface area (Å²) in [6.45, 7) is 2.09.